The van der Waals surface area contributed by atoms with E-state index in [1.165, 1.54) is 19.2 Å². The van der Waals surface area contributed by atoms with Gasteiger partial charge in [-0.2, -0.15) is 0 Å². The summed E-state index contributed by atoms with van der Waals surface area (Å²) >= 11 is 0. The number of piperidine rings is 1. The Morgan fingerprint density at radius 1 is 1.09 bits per heavy atom. The number of fused-ring (bicyclic) bond motifs is 1. The molecule has 1 N–H and O–H groups in total. The minimum atomic E-state index is -0.429. The monoisotopic (exact) mass is 435 g/mol. The molecule has 1 heterocycles. The molecule has 1 amide bonds. The van der Waals surface area contributed by atoms with E-state index in [2.05, 4.69) is 5.32 Å². The predicted molar refractivity (Wildman–Crippen MR) is 122 cm³/mol. The molecule has 8 heteroatoms. The van der Waals surface area contributed by atoms with E-state index in [9.17, 15) is 14.9 Å². The van der Waals surface area contributed by atoms with Gasteiger partial charge in [-0.3, -0.25) is 14.9 Å². The average Bonchev–Trinajstić information content (AvgIpc) is 2.82. The Morgan fingerprint density at radius 3 is 2.56 bits per heavy atom. The second-order valence-corrected chi connectivity index (χ2v) is 7.74. The van der Waals surface area contributed by atoms with Crippen LogP contribution in [-0.4, -0.2) is 48.6 Å². The zero-order valence-corrected chi connectivity index (χ0v) is 17.8. The summed E-state index contributed by atoms with van der Waals surface area (Å²) in [7, 11) is 1.53. The van der Waals surface area contributed by atoms with E-state index in [4.69, 9.17) is 9.47 Å². The Kier molecular flexibility index (Phi) is 6.39. The van der Waals surface area contributed by atoms with Gasteiger partial charge in [-0.05, 0) is 41.8 Å². The molecule has 3 aromatic rings. The number of nitro benzene ring substituents is 1. The zero-order valence-electron chi connectivity index (χ0n) is 17.8. The van der Waals surface area contributed by atoms with Crippen molar-refractivity contribution in [2.75, 3.05) is 32.1 Å². The molecule has 1 aliphatic rings. The van der Waals surface area contributed by atoms with Crippen molar-refractivity contribution in [2.24, 2.45) is 0 Å². The van der Waals surface area contributed by atoms with Crippen molar-refractivity contribution in [1.82, 2.24) is 4.90 Å². The van der Waals surface area contributed by atoms with Crippen LogP contribution in [0.3, 0.4) is 0 Å². The number of carbonyl (C=O) groups excluding carboxylic acids is 1. The van der Waals surface area contributed by atoms with Crippen molar-refractivity contribution in [1.29, 1.82) is 0 Å². The van der Waals surface area contributed by atoms with Crippen molar-refractivity contribution >= 4 is 28.1 Å². The van der Waals surface area contributed by atoms with Gasteiger partial charge in [-0.1, -0.05) is 30.3 Å². The predicted octanol–water partition coefficient (Wildman–Crippen LogP) is 4.24. The van der Waals surface area contributed by atoms with E-state index in [-0.39, 0.29) is 24.2 Å². The first-order valence-corrected chi connectivity index (χ1v) is 10.5. The lowest BCUT2D eigenvalue weighted by atomic mass is 10.0. The van der Waals surface area contributed by atoms with E-state index in [0.29, 0.717) is 30.3 Å². The average molecular weight is 435 g/mol. The van der Waals surface area contributed by atoms with E-state index < -0.39 is 4.92 Å². The number of methoxy groups -OCH3 is 1. The quantitative estimate of drug-likeness (QED) is 0.441. The second kappa shape index (κ2) is 9.55. The molecular weight excluding hydrogens is 410 g/mol. The Labute approximate surface area is 185 Å². The SMILES string of the molecule is COc1ccc([N+](=O)[O-])cc1NC1CCN(C(=O)COc2ccc3ccccc3c2)CC1. The fourth-order valence-corrected chi connectivity index (χ4v) is 3.91. The number of ether oxygens (including phenoxy) is 2. The minimum Gasteiger partial charge on any atom is -0.495 e. The van der Waals surface area contributed by atoms with Crippen LogP contribution in [0.2, 0.25) is 0 Å². The van der Waals surface area contributed by atoms with Crippen LogP contribution in [0.1, 0.15) is 12.8 Å². The normalized spacial score (nSPS) is 14.2. The second-order valence-electron chi connectivity index (χ2n) is 7.74. The van der Waals surface area contributed by atoms with Crippen LogP contribution in [0.4, 0.5) is 11.4 Å². The number of nitrogens with zero attached hydrogens (tertiary/aromatic N) is 2. The van der Waals surface area contributed by atoms with E-state index >= 15 is 0 Å². The Hall–Kier alpha value is -3.81. The molecule has 0 atom stereocenters. The van der Waals surface area contributed by atoms with Gasteiger partial charge in [-0.15, -0.1) is 0 Å². The van der Waals surface area contributed by atoms with Gasteiger partial charge in [0.25, 0.3) is 11.6 Å². The fourth-order valence-electron chi connectivity index (χ4n) is 3.91. The number of nitrogens with one attached hydrogen (secondary N) is 1. The number of hydrogen-bond acceptors (Lipinski definition) is 6. The third-order valence-electron chi connectivity index (χ3n) is 5.68. The van der Waals surface area contributed by atoms with Crippen LogP contribution >= 0.6 is 0 Å². The Bertz CT molecular complexity index is 1130. The molecule has 0 unspecified atom stereocenters. The van der Waals surface area contributed by atoms with Crippen molar-refractivity contribution in [3.05, 3.63) is 70.8 Å². The molecule has 0 radical (unpaired) electrons. The third-order valence-corrected chi connectivity index (χ3v) is 5.68. The van der Waals surface area contributed by atoms with Gasteiger partial charge in [0.05, 0.1) is 17.7 Å². The number of likely N-dealkylation sites (tertiary alicyclic amines) is 1. The van der Waals surface area contributed by atoms with Crippen LogP contribution in [0.15, 0.2) is 60.7 Å². The zero-order chi connectivity index (χ0) is 22.5. The first-order chi connectivity index (χ1) is 15.5. The number of anilines is 1. The molecule has 0 aliphatic carbocycles. The molecule has 0 aromatic heterocycles. The number of hydrogen-bond donors (Lipinski definition) is 1. The molecule has 3 aromatic carbocycles. The van der Waals surface area contributed by atoms with Gasteiger partial charge in [0.15, 0.2) is 6.61 Å². The summed E-state index contributed by atoms with van der Waals surface area (Å²) in [6, 6.07) is 18.4. The topological polar surface area (TPSA) is 93.9 Å². The molecule has 166 valence electrons. The first-order valence-electron chi connectivity index (χ1n) is 10.5. The van der Waals surface area contributed by atoms with Crippen molar-refractivity contribution < 1.29 is 19.2 Å². The number of non-ortho nitro benzene ring substituents is 1. The smallest absolute Gasteiger partial charge is 0.271 e. The summed E-state index contributed by atoms with van der Waals surface area (Å²) in [5.74, 6) is 1.17. The molecule has 0 spiro atoms. The van der Waals surface area contributed by atoms with Crippen molar-refractivity contribution in [3.63, 3.8) is 0 Å². The highest BCUT2D eigenvalue weighted by Gasteiger charge is 2.24. The summed E-state index contributed by atoms with van der Waals surface area (Å²) in [6.45, 7) is 1.18. The molecule has 4 rings (SSSR count). The largest absolute Gasteiger partial charge is 0.495 e. The summed E-state index contributed by atoms with van der Waals surface area (Å²) < 4.78 is 11.0. The summed E-state index contributed by atoms with van der Waals surface area (Å²) in [5, 5.41) is 16.6. The lowest BCUT2D eigenvalue weighted by Crippen LogP contribution is -2.44. The summed E-state index contributed by atoms with van der Waals surface area (Å²) in [6.07, 6.45) is 1.46. The van der Waals surface area contributed by atoms with E-state index in [1.807, 2.05) is 42.5 Å². The lowest BCUT2D eigenvalue weighted by molar-refractivity contribution is -0.384. The minimum absolute atomic E-state index is 0.00482. The molecular formula is C24H25N3O5. The maximum atomic E-state index is 12.6. The van der Waals surface area contributed by atoms with Crippen LogP contribution < -0.4 is 14.8 Å². The third kappa shape index (κ3) is 4.91. The Balaban J connectivity index is 1.30. The highest BCUT2D eigenvalue weighted by molar-refractivity contribution is 5.84. The molecule has 1 saturated heterocycles. The van der Waals surface area contributed by atoms with Gasteiger partial charge in [0.1, 0.15) is 11.5 Å². The molecule has 0 saturated carbocycles. The Morgan fingerprint density at radius 2 is 1.84 bits per heavy atom. The number of amides is 1. The molecule has 0 bridgehead atoms. The highest BCUT2D eigenvalue weighted by atomic mass is 16.6. The van der Waals surface area contributed by atoms with Crippen molar-refractivity contribution in [3.8, 4) is 11.5 Å². The first kappa shape index (κ1) is 21.4. The van der Waals surface area contributed by atoms with Crippen LogP contribution in [-0.2, 0) is 4.79 Å². The number of benzene rings is 3. The maximum Gasteiger partial charge on any atom is 0.271 e. The molecule has 1 fully saturated rings. The van der Waals surface area contributed by atoms with Crippen molar-refractivity contribution in [2.45, 2.75) is 18.9 Å². The molecule has 32 heavy (non-hydrogen) atoms. The van der Waals surface area contributed by atoms with Gasteiger partial charge < -0.3 is 19.7 Å². The summed E-state index contributed by atoms with van der Waals surface area (Å²) in [5.41, 5.74) is 0.595. The van der Waals surface area contributed by atoms with Gasteiger partial charge >= 0.3 is 0 Å². The highest BCUT2D eigenvalue weighted by Crippen LogP contribution is 2.30. The van der Waals surface area contributed by atoms with Gasteiger partial charge in [0.2, 0.25) is 0 Å². The molecule has 8 nitrogen and oxygen atoms in total. The van der Waals surface area contributed by atoms with Gasteiger partial charge in [0, 0.05) is 31.3 Å². The lowest BCUT2D eigenvalue weighted by Gasteiger charge is -2.33. The number of carbonyl (C=O) groups is 1. The van der Waals surface area contributed by atoms with Gasteiger partial charge in [-0.25, -0.2) is 0 Å². The van der Waals surface area contributed by atoms with Crippen LogP contribution in [0.25, 0.3) is 10.8 Å². The van der Waals surface area contributed by atoms with Crippen LogP contribution in [0, 0.1) is 10.1 Å². The van der Waals surface area contributed by atoms with E-state index in [0.717, 1.165) is 23.6 Å². The standard InChI is InChI=1S/C24H25N3O5/c1-31-23-9-7-20(27(29)30)15-22(23)25-19-10-12-26(13-11-19)24(28)16-32-21-8-6-17-4-2-3-5-18(17)14-21/h2-9,14-15,19,25H,10-13,16H2,1H3. The summed E-state index contributed by atoms with van der Waals surface area (Å²) in [4.78, 5) is 25.0. The fraction of sp³-hybridized carbons (Fsp3) is 0.292. The molecule has 1 aliphatic heterocycles. The number of rotatable bonds is 7. The number of nitro groups is 1. The van der Waals surface area contributed by atoms with E-state index in [1.54, 1.807) is 11.0 Å². The maximum absolute atomic E-state index is 12.6. The van der Waals surface area contributed by atoms with Crippen LogP contribution in [0.5, 0.6) is 11.5 Å².